The molecule has 2 saturated heterocycles. The first-order valence-corrected chi connectivity index (χ1v) is 11.1. The van der Waals surface area contributed by atoms with Crippen molar-refractivity contribution in [3.63, 3.8) is 0 Å². The molecule has 1 atom stereocenters. The lowest BCUT2D eigenvalue weighted by molar-refractivity contribution is 0.111. The molecule has 2 aliphatic heterocycles. The molecule has 2 N–H and O–H groups in total. The van der Waals surface area contributed by atoms with Crippen LogP contribution in [0.1, 0.15) is 39.0 Å². The highest BCUT2D eigenvalue weighted by atomic mass is 16.5. The molecular weight excluding hydrogens is 382 g/mol. The topological polar surface area (TPSA) is 88.5 Å². The number of nitrogens with one attached hydrogen (secondary N) is 2. The molecule has 8 nitrogen and oxygen atoms in total. The van der Waals surface area contributed by atoms with Gasteiger partial charge >= 0.3 is 6.03 Å². The number of urea groups is 1. The fraction of sp³-hybridized carbons (Fsp3) is 0.591. The first-order valence-electron chi connectivity index (χ1n) is 11.1. The Morgan fingerprint density at radius 3 is 2.77 bits per heavy atom. The maximum Gasteiger partial charge on any atom is 0.315 e. The molecule has 1 aromatic carbocycles. The molecule has 0 saturated carbocycles. The van der Waals surface area contributed by atoms with E-state index in [4.69, 9.17) is 4.74 Å². The molecule has 1 unspecified atom stereocenters. The summed E-state index contributed by atoms with van der Waals surface area (Å²) in [5.74, 6) is 0.517. The Morgan fingerprint density at radius 1 is 1.23 bits per heavy atom. The number of para-hydroxylation sites is 2. The van der Waals surface area contributed by atoms with Crippen LogP contribution in [0.2, 0.25) is 0 Å². The molecule has 30 heavy (non-hydrogen) atoms. The molecule has 0 bridgehead atoms. The summed E-state index contributed by atoms with van der Waals surface area (Å²) >= 11 is 0. The normalized spacial score (nSPS) is 19.9. The van der Waals surface area contributed by atoms with E-state index in [2.05, 4.69) is 27.4 Å². The van der Waals surface area contributed by atoms with Crippen LogP contribution >= 0.6 is 0 Å². The first-order chi connectivity index (χ1) is 14.7. The number of carbonyl (C=O) groups excluding carboxylic acids is 1. The summed E-state index contributed by atoms with van der Waals surface area (Å²) in [6.07, 6.45) is 4.68. The fourth-order valence-corrected chi connectivity index (χ4v) is 4.31. The summed E-state index contributed by atoms with van der Waals surface area (Å²) in [5, 5.41) is 5.97. The van der Waals surface area contributed by atoms with Gasteiger partial charge in [-0.1, -0.05) is 19.1 Å². The molecular formula is C22H31N5O3. The minimum absolute atomic E-state index is 0.0312. The summed E-state index contributed by atoms with van der Waals surface area (Å²) in [4.78, 5) is 32.0. The van der Waals surface area contributed by atoms with Crippen LogP contribution in [0, 0.1) is 0 Å². The van der Waals surface area contributed by atoms with Gasteiger partial charge in [0.05, 0.1) is 17.1 Å². The lowest BCUT2D eigenvalue weighted by atomic mass is 10.1. The van der Waals surface area contributed by atoms with E-state index in [-0.39, 0.29) is 23.7 Å². The van der Waals surface area contributed by atoms with E-state index >= 15 is 0 Å². The van der Waals surface area contributed by atoms with Crippen molar-refractivity contribution in [1.82, 2.24) is 20.2 Å². The van der Waals surface area contributed by atoms with E-state index in [0.717, 1.165) is 49.7 Å². The molecule has 162 valence electrons. The van der Waals surface area contributed by atoms with Crippen molar-refractivity contribution in [1.29, 1.82) is 0 Å². The summed E-state index contributed by atoms with van der Waals surface area (Å²) < 4.78 is 7.37. The van der Waals surface area contributed by atoms with Gasteiger partial charge in [0.1, 0.15) is 0 Å². The molecule has 2 amide bonds. The average Bonchev–Trinajstić information content (AvgIpc) is 3.29. The predicted octanol–water partition coefficient (Wildman–Crippen LogP) is 2.25. The van der Waals surface area contributed by atoms with E-state index < -0.39 is 0 Å². The average molecular weight is 414 g/mol. The lowest BCUT2D eigenvalue weighted by Crippen LogP contribution is -2.50. The van der Waals surface area contributed by atoms with Gasteiger partial charge in [-0.25, -0.2) is 9.78 Å². The SMILES string of the molecule is CCCn1c(=O)c(N2CCC(NC(=O)NCC3CCCO3)CC2)nc2ccccc21. The zero-order valence-electron chi connectivity index (χ0n) is 17.6. The predicted molar refractivity (Wildman–Crippen MR) is 117 cm³/mol. The summed E-state index contributed by atoms with van der Waals surface area (Å²) in [6, 6.07) is 7.76. The molecule has 0 aliphatic carbocycles. The Morgan fingerprint density at radius 2 is 2.03 bits per heavy atom. The Bertz CT molecular complexity index is 930. The van der Waals surface area contributed by atoms with Crippen LogP contribution in [0.5, 0.6) is 0 Å². The van der Waals surface area contributed by atoms with Crippen molar-refractivity contribution < 1.29 is 9.53 Å². The molecule has 2 aliphatic rings. The Labute approximate surface area is 176 Å². The highest BCUT2D eigenvalue weighted by Gasteiger charge is 2.25. The number of ether oxygens (including phenoxy) is 1. The quantitative estimate of drug-likeness (QED) is 0.758. The van der Waals surface area contributed by atoms with Crippen molar-refractivity contribution in [2.24, 2.45) is 0 Å². The molecule has 3 heterocycles. The van der Waals surface area contributed by atoms with Crippen LogP contribution in [0.15, 0.2) is 29.1 Å². The molecule has 2 aromatic rings. The third-order valence-corrected chi connectivity index (χ3v) is 5.93. The van der Waals surface area contributed by atoms with Crippen LogP contribution in [-0.4, -0.2) is 54.0 Å². The minimum atomic E-state index is -0.141. The molecule has 4 rings (SSSR count). The first kappa shape index (κ1) is 20.7. The van der Waals surface area contributed by atoms with Crippen LogP contribution in [0.4, 0.5) is 10.6 Å². The Hall–Kier alpha value is -2.61. The van der Waals surface area contributed by atoms with E-state index in [0.29, 0.717) is 32.0 Å². The van der Waals surface area contributed by atoms with E-state index in [9.17, 15) is 9.59 Å². The van der Waals surface area contributed by atoms with Crippen molar-refractivity contribution in [3.8, 4) is 0 Å². The largest absolute Gasteiger partial charge is 0.376 e. The van der Waals surface area contributed by atoms with Gasteiger partial charge < -0.3 is 24.8 Å². The number of anilines is 1. The van der Waals surface area contributed by atoms with Crippen molar-refractivity contribution in [2.75, 3.05) is 31.1 Å². The highest BCUT2D eigenvalue weighted by molar-refractivity contribution is 5.76. The lowest BCUT2D eigenvalue weighted by Gasteiger charge is -2.33. The van der Waals surface area contributed by atoms with Gasteiger partial charge in [0, 0.05) is 38.8 Å². The standard InChI is InChI=1S/C22H31N5O3/c1-2-11-27-19-8-4-3-7-18(19)25-20(21(27)28)26-12-9-16(10-13-26)24-22(29)23-15-17-6-5-14-30-17/h3-4,7-8,16-17H,2,5-6,9-15H2,1H3,(H2,23,24,29). The summed E-state index contributed by atoms with van der Waals surface area (Å²) in [5.41, 5.74) is 1.69. The third-order valence-electron chi connectivity index (χ3n) is 5.93. The number of aryl methyl sites for hydroxylation is 1. The second-order valence-electron chi connectivity index (χ2n) is 8.13. The fourth-order valence-electron chi connectivity index (χ4n) is 4.31. The van der Waals surface area contributed by atoms with Gasteiger partial charge in [0.15, 0.2) is 5.82 Å². The zero-order valence-corrected chi connectivity index (χ0v) is 17.6. The van der Waals surface area contributed by atoms with Crippen molar-refractivity contribution >= 4 is 22.9 Å². The van der Waals surface area contributed by atoms with Crippen molar-refractivity contribution in [3.05, 3.63) is 34.6 Å². The highest BCUT2D eigenvalue weighted by Crippen LogP contribution is 2.19. The number of amides is 2. The molecule has 0 spiro atoms. The monoisotopic (exact) mass is 413 g/mol. The van der Waals surface area contributed by atoms with Gasteiger partial charge in [-0.2, -0.15) is 0 Å². The van der Waals surface area contributed by atoms with Crippen LogP contribution in [0.3, 0.4) is 0 Å². The van der Waals surface area contributed by atoms with E-state index in [1.165, 1.54) is 0 Å². The second kappa shape index (κ2) is 9.47. The molecule has 0 radical (unpaired) electrons. The van der Waals surface area contributed by atoms with Crippen LogP contribution < -0.4 is 21.1 Å². The van der Waals surface area contributed by atoms with E-state index in [1.54, 1.807) is 0 Å². The van der Waals surface area contributed by atoms with Gasteiger partial charge in [0.25, 0.3) is 5.56 Å². The number of nitrogens with zero attached hydrogens (tertiary/aromatic N) is 3. The number of hydrogen-bond acceptors (Lipinski definition) is 5. The number of hydrogen-bond donors (Lipinski definition) is 2. The van der Waals surface area contributed by atoms with Gasteiger partial charge in [-0.15, -0.1) is 0 Å². The van der Waals surface area contributed by atoms with E-state index in [1.807, 2.05) is 28.8 Å². The molecule has 8 heteroatoms. The maximum atomic E-state index is 13.1. The number of aromatic nitrogens is 2. The smallest absolute Gasteiger partial charge is 0.315 e. The zero-order chi connectivity index (χ0) is 20.9. The summed E-state index contributed by atoms with van der Waals surface area (Å²) in [6.45, 7) is 5.49. The Balaban J connectivity index is 1.38. The Kier molecular flexibility index (Phi) is 6.52. The van der Waals surface area contributed by atoms with Gasteiger partial charge in [-0.05, 0) is 44.2 Å². The number of benzene rings is 1. The maximum absolute atomic E-state index is 13.1. The third kappa shape index (κ3) is 4.59. The number of rotatable bonds is 6. The molecule has 1 aromatic heterocycles. The minimum Gasteiger partial charge on any atom is -0.376 e. The van der Waals surface area contributed by atoms with Gasteiger partial charge in [-0.3, -0.25) is 4.79 Å². The van der Waals surface area contributed by atoms with Gasteiger partial charge in [0.2, 0.25) is 0 Å². The number of fused-ring (bicyclic) bond motifs is 1. The second-order valence-corrected chi connectivity index (χ2v) is 8.13. The van der Waals surface area contributed by atoms with Crippen LogP contribution in [0.25, 0.3) is 11.0 Å². The molecule has 2 fully saturated rings. The number of piperidine rings is 1. The van der Waals surface area contributed by atoms with Crippen molar-refractivity contribution in [2.45, 2.75) is 57.7 Å². The number of carbonyl (C=O) groups is 1. The summed E-state index contributed by atoms with van der Waals surface area (Å²) in [7, 11) is 0. The van der Waals surface area contributed by atoms with Crippen LogP contribution in [-0.2, 0) is 11.3 Å².